The molecule has 0 unspecified atom stereocenters. The molecule has 4 heteroatoms. The van der Waals surface area contributed by atoms with Crippen LogP contribution in [0.4, 0.5) is 5.69 Å². The molecule has 1 aromatic heterocycles. The molecular formula is C18H17N3O. The van der Waals surface area contributed by atoms with Gasteiger partial charge in [0.2, 0.25) is 5.91 Å². The van der Waals surface area contributed by atoms with Crippen molar-refractivity contribution in [3.63, 3.8) is 0 Å². The smallest absolute Gasteiger partial charge is 0.226 e. The van der Waals surface area contributed by atoms with Gasteiger partial charge < -0.3 is 11.1 Å². The third-order valence-corrected chi connectivity index (χ3v) is 3.45. The summed E-state index contributed by atoms with van der Waals surface area (Å²) in [7, 11) is 0. The molecule has 110 valence electrons. The second kappa shape index (κ2) is 6.26. The molecule has 2 aromatic carbocycles. The van der Waals surface area contributed by atoms with Crippen LogP contribution in [0.15, 0.2) is 60.7 Å². The van der Waals surface area contributed by atoms with Gasteiger partial charge in [0.25, 0.3) is 0 Å². The van der Waals surface area contributed by atoms with Crippen molar-refractivity contribution >= 4 is 22.5 Å². The maximum Gasteiger partial charge on any atom is 0.226 e. The van der Waals surface area contributed by atoms with Crippen LogP contribution in [0.2, 0.25) is 0 Å². The first-order valence-electron chi connectivity index (χ1n) is 7.16. The van der Waals surface area contributed by atoms with Gasteiger partial charge in [-0.25, -0.2) is 0 Å². The van der Waals surface area contributed by atoms with Gasteiger partial charge >= 0.3 is 0 Å². The van der Waals surface area contributed by atoms with Crippen LogP contribution in [0.5, 0.6) is 0 Å². The minimum absolute atomic E-state index is 0.0360. The van der Waals surface area contributed by atoms with Crippen LogP contribution < -0.4 is 11.1 Å². The molecule has 0 saturated carbocycles. The number of aromatic nitrogens is 1. The zero-order valence-corrected chi connectivity index (χ0v) is 12.1. The number of rotatable bonds is 4. The predicted octanol–water partition coefficient (Wildman–Crippen LogP) is 2.68. The quantitative estimate of drug-likeness (QED) is 0.726. The Hall–Kier alpha value is -2.88. The SMILES string of the molecule is Nc1ccc2nc(CC(=O)NCc3ccccc3)ccc2c1. The lowest BCUT2D eigenvalue weighted by Gasteiger charge is -2.06. The Bertz CT molecular complexity index is 800. The summed E-state index contributed by atoms with van der Waals surface area (Å²) in [5.74, 6) is -0.0360. The van der Waals surface area contributed by atoms with Gasteiger partial charge in [-0.15, -0.1) is 0 Å². The minimum atomic E-state index is -0.0360. The monoisotopic (exact) mass is 291 g/mol. The molecule has 0 radical (unpaired) electrons. The van der Waals surface area contributed by atoms with Crippen molar-refractivity contribution in [2.24, 2.45) is 0 Å². The average Bonchev–Trinajstić information content (AvgIpc) is 2.54. The maximum absolute atomic E-state index is 12.0. The fourth-order valence-corrected chi connectivity index (χ4v) is 2.31. The molecular weight excluding hydrogens is 274 g/mol. The van der Waals surface area contributed by atoms with Crippen molar-refractivity contribution in [3.8, 4) is 0 Å². The molecule has 0 atom stereocenters. The molecule has 3 rings (SSSR count). The highest BCUT2D eigenvalue weighted by molar-refractivity contribution is 5.83. The second-order valence-corrected chi connectivity index (χ2v) is 5.19. The first-order valence-corrected chi connectivity index (χ1v) is 7.16. The van der Waals surface area contributed by atoms with Crippen LogP contribution in [-0.2, 0) is 17.8 Å². The van der Waals surface area contributed by atoms with E-state index in [9.17, 15) is 4.79 Å². The third-order valence-electron chi connectivity index (χ3n) is 3.45. The average molecular weight is 291 g/mol. The van der Waals surface area contributed by atoms with Crippen molar-refractivity contribution in [1.82, 2.24) is 10.3 Å². The lowest BCUT2D eigenvalue weighted by Crippen LogP contribution is -2.24. The van der Waals surface area contributed by atoms with Gasteiger partial charge in [-0.3, -0.25) is 9.78 Å². The van der Waals surface area contributed by atoms with E-state index >= 15 is 0 Å². The first kappa shape index (κ1) is 14.1. The second-order valence-electron chi connectivity index (χ2n) is 5.19. The molecule has 0 spiro atoms. The Morgan fingerprint density at radius 3 is 2.68 bits per heavy atom. The molecule has 0 bridgehead atoms. The summed E-state index contributed by atoms with van der Waals surface area (Å²) in [4.78, 5) is 16.5. The number of pyridine rings is 1. The Morgan fingerprint density at radius 1 is 1.05 bits per heavy atom. The third kappa shape index (κ3) is 3.41. The predicted molar refractivity (Wildman–Crippen MR) is 88.1 cm³/mol. The number of benzene rings is 2. The van der Waals surface area contributed by atoms with Gasteiger partial charge in [-0.2, -0.15) is 0 Å². The van der Waals surface area contributed by atoms with E-state index in [4.69, 9.17) is 5.73 Å². The summed E-state index contributed by atoms with van der Waals surface area (Å²) < 4.78 is 0. The number of nitrogen functional groups attached to an aromatic ring is 1. The van der Waals surface area contributed by atoms with Crippen molar-refractivity contribution in [2.75, 3.05) is 5.73 Å². The van der Waals surface area contributed by atoms with Gasteiger partial charge in [0, 0.05) is 17.6 Å². The van der Waals surface area contributed by atoms with Crippen LogP contribution in [0.25, 0.3) is 10.9 Å². The van der Waals surface area contributed by atoms with Crippen LogP contribution in [0, 0.1) is 0 Å². The molecule has 0 aliphatic rings. The van der Waals surface area contributed by atoms with Gasteiger partial charge in [-0.05, 0) is 29.8 Å². The van der Waals surface area contributed by atoms with E-state index in [0.29, 0.717) is 12.2 Å². The largest absolute Gasteiger partial charge is 0.399 e. The van der Waals surface area contributed by atoms with Gasteiger partial charge in [-0.1, -0.05) is 36.4 Å². The van der Waals surface area contributed by atoms with E-state index in [1.54, 1.807) is 0 Å². The number of anilines is 1. The summed E-state index contributed by atoms with van der Waals surface area (Å²) in [6.45, 7) is 0.532. The highest BCUT2D eigenvalue weighted by Gasteiger charge is 2.06. The number of carbonyl (C=O) groups is 1. The molecule has 3 aromatic rings. The lowest BCUT2D eigenvalue weighted by molar-refractivity contribution is -0.120. The Kier molecular flexibility index (Phi) is 4.01. The molecule has 1 amide bonds. The molecule has 0 fully saturated rings. The zero-order chi connectivity index (χ0) is 15.4. The molecule has 0 aliphatic heterocycles. The fourth-order valence-electron chi connectivity index (χ4n) is 2.31. The molecule has 22 heavy (non-hydrogen) atoms. The van der Waals surface area contributed by atoms with Crippen LogP contribution in [0.3, 0.4) is 0 Å². The molecule has 0 saturated heterocycles. The number of nitrogens with two attached hydrogens (primary N) is 1. The standard InChI is InChI=1S/C18H17N3O/c19-15-7-9-17-14(10-15)6-8-16(21-17)11-18(22)20-12-13-4-2-1-3-5-13/h1-10H,11-12,19H2,(H,20,22). The molecule has 0 aliphatic carbocycles. The summed E-state index contributed by atoms with van der Waals surface area (Å²) in [5, 5.41) is 3.89. The number of fused-ring (bicyclic) bond motifs is 1. The summed E-state index contributed by atoms with van der Waals surface area (Å²) in [6, 6.07) is 19.2. The Balaban J connectivity index is 1.65. The van der Waals surface area contributed by atoms with Crippen molar-refractivity contribution < 1.29 is 4.79 Å². The minimum Gasteiger partial charge on any atom is -0.399 e. The van der Waals surface area contributed by atoms with Crippen molar-refractivity contribution in [1.29, 1.82) is 0 Å². The first-order chi connectivity index (χ1) is 10.7. The number of hydrogen-bond donors (Lipinski definition) is 2. The van der Waals surface area contributed by atoms with Gasteiger partial charge in [0.15, 0.2) is 0 Å². The molecule has 4 nitrogen and oxygen atoms in total. The number of nitrogens with one attached hydrogen (secondary N) is 1. The Morgan fingerprint density at radius 2 is 1.86 bits per heavy atom. The van der Waals surface area contributed by atoms with Gasteiger partial charge in [0.05, 0.1) is 17.6 Å². The lowest BCUT2D eigenvalue weighted by atomic mass is 10.1. The zero-order valence-electron chi connectivity index (χ0n) is 12.1. The highest BCUT2D eigenvalue weighted by atomic mass is 16.1. The van der Waals surface area contributed by atoms with E-state index in [1.165, 1.54) is 0 Å². The highest BCUT2D eigenvalue weighted by Crippen LogP contribution is 2.16. The summed E-state index contributed by atoms with van der Waals surface area (Å²) in [6.07, 6.45) is 0.271. The number of carbonyl (C=O) groups excluding carboxylic acids is 1. The van der Waals surface area contributed by atoms with Crippen LogP contribution >= 0.6 is 0 Å². The topological polar surface area (TPSA) is 68.0 Å². The maximum atomic E-state index is 12.0. The van der Waals surface area contributed by atoms with Crippen LogP contribution in [0.1, 0.15) is 11.3 Å². The fraction of sp³-hybridized carbons (Fsp3) is 0.111. The Labute approximate surface area is 129 Å². The summed E-state index contributed by atoms with van der Waals surface area (Å²) >= 11 is 0. The normalized spacial score (nSPS) is 10.5. The van der Waals surface area contributed by atoms with E-state index in [0.717, 1.165) is 22.2 Å². The van der Waals surface area contributed by atoms with E-state index in [-0.39, 0.29) is 12.3 Å². The summed E-state index contributed by atoms with van der Waals surface area (Å²) in [5.41, 5.74) is 9.14. The number of nitrogens with zero attached hydrogens (tertiary/aromatic N) is 1. The number of hydrogen-bond acceptors (Lipinski definition) is 3. The van der Waals surface area contributed by atoms with E-state index in [2.05, 4.69) is 10.3 Å². The van der Waals surface area contributed by atoms with Crippen molar-refractivity contribution in [2.45, 2.75) is 13.0 Å². The van der Waals surface area contributed by atoms with E-state index in [1.807, 2.05) is 60.7 Å². The molecule has 3 N–H and O–H groups in total. The van der Waals surface area contributed by atoms with Gasteiger partial charge in [0.1, 0.15) is 0 Å². The molecule has 1 heterocycles. The van der Waals surface area contributed by atoms with Crippen LogP contribution in [-0.4, -0.2) is 10.9 Å². The van der Waals surface area contributed by atoms with E-state index < -0.39 is 0 Å². The number of amides is 1. The van der Waals surface area contributed by atoms with Crippen molar-refractivity contribution in [3.05, 3.63) is 71.9 Å².